The molecule has 4 heteroatoms. The third kappa shape index (κ3) is 2.38. The second kappa shape index (κ2) is 3.77. The highest BCUT2D eigenvalue weighted by Crippen LogP contribution is 2.24. The molecule has 1 unspecified atom stereocenters. The molecule has 1 saturated heterocycles. The minimum Gasteiger partial charge on any atom is -0.440 e. The van der Waals surface area contributed by atoms with E-state index in [0.29, 0.717) is 6.54 Å². The van der Waals surface area contributed by atoms with Crippen molar-refractivity contribution >= 4 is 6.09 Å². The van der Waals surface area contributed by atoms with E-state index in [1.807, 2.05) is 39.8 Å². The van der Waals surface area contributed by atoms with Crippen molar-refractivity contribution in [2.24, 2.45) is 0 Å². The molecule has 1 rings (SSSR count). The van der Waals surface area contributed by atoms with Crippen LogP contribution in [0.15, 0.2) is 0 Å². The molecule has 0 aromatic heterocycles. The lowest BCUT2D eigenvalue weighted by atomic mass is 10.1. The van der Waals surface area contributed by atoms with Gasteiger partial charge in [0.1, 0.15) is 5.60 Å². The average molecular weight is 200 g/mol. The Kier molecular flexibility index (Phi) is 3.04. The summed E-state index contributed by atoms with van der Waals surface area (Å²) in [6, 6.07) is 0.214. The Bertz CT molecular complexity index is 228. The topological polar surface area (TPSA) is 32.8 Å². The third-order valence-electron chi connectivity index (χ3n) is 2.35. The average Bonchev–Trinajstić information content (AvgIpc) is 2.24. The first-order valence-electron chi connectivity index (χ1n) is 4.98. The first-order chi connectivity index (χ1) is 6.34. The molecular weight excluding hydrogens is 180 g/mol. The lowest BCUT2D eigenvalue weighted by molar-refractivity contribution is 0.0504. The quantitative estimate of drug-likeness (QED) is 0.685. The molecule has 0 bridgehead atoms. The van der Waals surface area contributed by atoms with Crippen LogP contribution in [0.1, 0.15) is 20.8 Å². The number of ether oxygens (including phenoxy) is 1. The molecule has 0 aliphatic carbocycles. The predicted molar refractivity (Wildman–Crippen MR) is 55.3 cm³/mol. The Morgan fingerprint density at radius 1 is 1.57 bits per heavy atom. The van der Waals surface area contributed by atoms with Crippen molar-refractivity contribution in [1.82, 2.24) is 9.80 Å². The molecule has 0 radical (unpaired) electrons. The number of nitrogens with zero attached hydrogens (tertiary/aromatic N) is 2. The zero-order valence-electron chi connectivity index (χ0n) is 9.70. The molecule has 0 saturated carbocycles. The minimum absolute atomic E-state index is 0.190. The Morgan fingerprint density at radius 2 is 2.14 bits per heavy atom. The first kappa shape index (κ1) is 11.3. The predicted octanol–water partition coefficient (Wildman–Crippen LogP) is 1.17. The van der Waals surface area contributed by atoms with Crippen molar-refractivity contribution in [2.45, 2.75) is 32.4 Å². The Labute approximate surface area is 85.8 Å². The van der Waals surface area contributed by atoms with Gasteiger partial charge in [0.2, 0.25) is 0 Å². The molecule has 1 fully saturated rings. The summed E-state index contributed by atoms with van der Waals surface area (Å²) < 4.78 is 5.38. The summed E-state index contributed by atoms with van der Waals surface area (Å²) >= 11 is 0. The van der Waals surface area contributed by atoms with Gasteiger partial charge < -0.3 is 14.5 Å². The lowest BCUT2D eigenvalue weighted by Crippen LogP contribution is -2.42. The van der Waals surface area contributed by atoms with E-state index in [-0.39, 0.29) is 17.7 Å². The molecule has 0 N–H and O–H groups in total. The van der Waals surface area contributed by atoms with Crippen molar-refractivity contribution < 1.29 is 9.53 Å². The fourth-order valence-corrected chi connectivity index (χ4v) is 1.87. The van der Waals surface area contributed by atoms with Crippen LogP contribution >= 0.6 is 0 Å². The van der Waals surface area contributed by atoms with E-state index in [0.717, 1.165) is 6.54 Å². The zero-order chi connectivity index (χ0) is 10.9. The summed E-state index contributed by atoms with van der Waals surface area (Å²) in [5.74, 6) is 0. The SMILES string of the molecule is CC(C)N1CC(C)(CN(C)C)OC1=O. The van der Waals surface area contributed by atoms with Gasteiger partial charge in [-0.1, -0.05) is 0 Å². The van der Waals surface area contributed by atoms with Gasteiger partial charge in [-0.25, -0.2) is 4.79 Å². The second-order valence-corrected chi connectivity index (χ2v) is 4.78. The van der Waals surface area contributed by atoms with Crippen LogP contribution in [0.2, 0.25) is 0 Å². The van der Waals surface area contributed by atoms with Crippen LogP contribution in [-0.4, -0.2) is 54.7 Å². The number of likely N-dealkylation sites (N-methyl/N-ethyl adjacent to an activating group) is 1. The van der Waals surface area contributed by atoms with Gasteiger partial charge in [-0.05, 0) is 34.9 Å². The van der Waals surface area contributed by atoms with Gasteiger partial charge in [0.25, 0.3) is 0 Å². The van der Waals surface area contributed by atoms with E-state index >= 15 is 0 Å². The highest BCUT2D eigenvalue weighted by atomic mass is 16.6. The van der Waals surface area contributed by atoms with E-state index in [4.69, 9.17) is 4.74 Å². The molecule has 0 aromatic rings. The van der Waals surface area contributed by atoms with Crippen LogP contribution < -0.4 is 0 Å². The van der Waals surface area contributed by atoms with E-state index in [1.54, 1.807) is 4.90 Å². The van der Waals surface area contributed by atoms with Crippen molar-refractivity contribution in [2.75, 3.05) is 27.2 Å². The van der Waals surface area contributed by atoms with Crippen LogP contribution in [0.3, 0.4) is 0 Å². The molecule has 82 valence electrons. The molecule has 0 spiro atoms. The molecule has 1 atom stereocenters. The maximum Gasteiger partial charge on any atom is 0.410 e. The molecule has 1 amide bonds. The van der Waals surface area contributed by atoms with Gasteiger partial charge in [0, 0.05) is 12.6 Å². The van der Waals surface area contributed by atoms with Gasteiger partial charge in [-0.15, -0.1) is 0 Å². The van der Waals surface area contributed by atoms with Crippen molar-refractivity contribution in [3.63, 3.8) is 0 Å². The summed E-state index contributed by atoms with van der Waals surface area (Å²) in [5.41, 5.74) is -0.356. The van der Waals surface area contributed by atoms with E-state index in [1.165, 1.54) is 0 Å². The van der Waals surface area contributed by atoms with Crippen LogP contribution in [0.4, 0.5) is 4.79 Å². The van der Waals surface area contributed by atoms with Crippen molar-refractivity contribution in [3.8, 4) is 0 Å². The van der Waals surface area contributed by atoms with E-state index in [2.05, 4.69) is 0 Å². The zero-order valence-corrected chi connectivity index (χ0v) is 9.70. The maximum absolute atomic E-state index is 11.5. The number of cyclic esters (lactones) is 1. The molecule has 4 nitrogen and oxygen atoms in total. The van der Waals surface area contributed by atoms with E-state index in [9.17, 15) is 4.79 Å². The van der Waals surface area contributed by atoms with Crippen molar-refractivity contribution in [1.29, 1.82) is 0 Å². The largest absolute Gasteiger partial charge is 0.440 e. The van der Waals surface area contributed by atoms with Gasteiger partial charge in [0.05, 0.1) is 6.54 Å². The van der Waals surface area contributed by atoms with Gasteiger partial charge >= 0.3 is 6.09 Å². The Morgan fingerprint density at radius 3 is 2.50 bits per heavy atom. The van der Waals surface area contributed by atoms with E-state index < -0.39 is 0 Å². The normalized spacial score (nSPS) is 27.6. The smallest absolute Gasteiger partial charge is 0.410 e. The monoisotopic (exact) mass is 200 g/mol. The molecule has 1 heterocycles. The highest BCUT2D eigenvalue weighted by Gasteiger charge is 2.42. The van der Waals surface area contributed by atoms with Crippen LogP contribution in [-0.2, 0) is 4.74 Å². The number of rotatable bonds is 3. The molecule has 14 heavy (non-hydrogen) atoms. The molecule has 1 aliphatic heterocycles. The number of hydrogen-bond donors (Lipinski definition) is 0. The Hall–Kier alpha value is -0.770. The third-order valence-corrected chi connectivity index (χ3v) is 2.35. The lowest BCUT2D eigenvalue weighted by Gasteiger charge is -2.26. The maximum atomic E-state index is 11.5. The second-order valence-electron chi connectivity index (χ2n) is 4.78. The summed E-state index contributed by atoms with van der Waals surface area (Å²) in [4.78, 5) is 15.3. The molecule has 1 aliphatic rings. The fourth-order valence-electron chi connectivity index (χ4n) is 1.87. The summed E-state index contributed by atoms with van der Waals surface area (Å²) in [7, 11) is 3.97. The summed E-state index contributed by atoms with van der Waals surface area (Å²) in [6.07, 6.45) is -0.190. The van der Waals surface area contributed by atoms with Crippen LogP contribution in [0.25, 0.3) is 0 Å². The minimum atomic E-state index is -0.356. The summed E-state index contributed by atoms with van der Waals surface area (Å²) in [5, 5.41) is 0. The highest BCUT2D eigenvalue weighted by molar-refractivity contribution is 5.71. The standard InChI is InChI=1S/C10H20N2O2/c1-8(2)12-7-10(3,6-11(4)5)14-9(12)13/h8H,6-7H2,1-5H3. The molecule has 0 aromatic carbocycles. The van der Waals surface area contributed by atoms with Gasteiger partial charge in [-0.2, -0.15) is 0 Å². The molecular formula is C10H20N2O2. The number of carbonyl (C=O) groups is 1. The van der Waals surface area contributed by atoms with Crippen LogP contribution in [0.5, 0.6) is 0 Å². The number of hydrogen-bond acceptors (Lipinski definition) is 3. The van der Waals surface area contributed by atoms with Crippen molar-refractivity contribution in [3.05, 3.63) is 0 Å². The number of amides is 1. The fraction of sp³-hybridized carbons (Fsp3) is 0.900. The Balaban J connectivity index is 2.65. The number of carbonyl (C=O) groups excluding carboxylic acids is 1. The first-order valence-corrected chi connectivity index (χ1v) is 4.98. The summed E-state index contributed by atoms with van der Waals surface area (Å²) in [6.45, 7) is 7.43. The van der Waals surface area contributed by atoms with Crippen LogP contribution in [0, 0.1) is 0 Å². The van der Waals surface area contributed by atoms with Gasteiger partial charge in [0.15, 0.2) is 0 Å². The van der Waals surface area contributed by atoms with Gasteiger partial charge in [-0.3, -0.25) is 0 Å².